The molecule has 0 aliphatic carbocycles. The number of Topliss-reactive ketones (excluding diaryl/α,β-unsaturated/α-hetero) is 1. The predicted molar refractivity (Wildman–Crippen MR) is 94.8 cm³/mol. The number of nitrogens with zero attached hydrogens (tertiary/aromatic N) is 1. The number of nitrogens with one attached hydrogen (secondary N) is 1. The van der Waals surface area contributed by atoms with Crippen LogP contribution in [0.2, 0.25) is 0 Å². The lowest BCUT2D eigenvalue weighted by Gasteiger charge is -2.32. The molecule has 1 aromatic heterocycles. The van der Waals surface area contributed by atoms with Crippen molar-refractivity contribution in [2.45, 2.75) is 20.0 Å². The van der Waals surface area contributed by atoms with E-state index < -0.39 is 0 Å². The molecule has 1 N–H and O–H groups in total. The van der Waals surface area contributed by atoms with Crippen LogP contribution < -0.4 is 5.32 Å². The summed E-state index contributed by atoms with van der Waals surface area (Å²) in [5, 5.41) is 6.97. The number of ether oxygens (including phenoxy) is 1. The summed E-state index contributed by atoms with van der Waals surface area (Å²) < 4.78 is 5.76. The Labute approximate surface area is 145 Å². The molecule has 1 atom stereocenters. The molecule has 1 unspecified atom stereocenters. The van der Waals surface area contributed by atoms with Gasteiger partial charge in [0.2, 0.25) is 0 Å². The van der Waals surface area contributed by atoms with E-state index in [4.69, 9.17) is 4.74 Å². The van der Waals surface area contributed by atoms with Crippen LogP contribution in [0.3, 0.4) is 0 Å². The van der Waals surface area contributed by atoms with Gasteiger partial charge in [0.25, 0.3) is 0 Å². The van der Waals surface area contributed by atoms with Gasteiger partial charge in [0.05, 0.1) is 13.2 Å². The largest absolute Gasteiger partial charge is 0.370 e. The molecule has 0 bridgehead atoms. The average molecular weight is 344 g/mol. The van der Waals surface area contributed by atoms with Gasteiger partial charge in [0.15, 0.2) is 5.78 Å². The SMILES string of the molecule is CC(=O)c1ccc(NC(=O)N2CCOC(c3ccsc3)C2)cc1C. The number of urea groups is 1. The molecule has 0 spiro atoms. The van der Waals surface area contributed by atoms with E-state index in [0.29, 0.717) is 30.9 Å². The monoisotopic (exact) mass is 344 g/mol. The number of rotatable bonds is 3. The number of ketones is 1. The van der Waals surface area contributed by atoms with Crippen molar-refractivity contribution in [1.29, 1.82) is 0 Å². The maximum atomic E-state index is 12.5. The molecule has 24 heavy (non-hydrogen) atoms. The van der Waals surface area contributed by atoms with E-state index in [2.05, 4.69) is 10.7 Å². The Kier molecular flexibility index (Phi) is 4.97. The van der Waals surface area contributed by atoms with Crippen molar-refractivity contribution in [2.75, 3.05) is 25.0 Å². The zero-order valence-electron chi connectivity index (χ0n) is 13.7. The molecule has 2 amide bonds. The van der Waals surface area contributed by atoms with Gasteiger partial charge in [-0.2, -0.15) is 11.3 Å². The van der Waals surface area contributed by atoms with E-state index in [1.54, 1.807) is 35.3 Å². The molecule has 2 aromatic rings. The molecule has 5 nitrogen and oxygen atoms in total. The van der Waals surface area contributed by atoms with Crippen LogP contribution in [0.4, 0.5) is 10.5 Å². The summed E-state index contributed by atoms with van der Waals surface area (Å²) in [5.41, 5.74) is 3.34. The molecule has 126 valence electrons. The summed E-state index contributed by atoms with van der Waals surface area (Å²) in [5.74, 6) is 0.0251. The van der Waals surface area contributed by atoms with E-state index in [9.17, 15) is 9.59 Å². The van der Waals surface area contributed by atoms with Gasteiger partial charge in [-0.1, -0.05) is 0 Å². The third-order valence-corrected chi connectivity index (χ3v) is 4.83. The first-order valence-electron chi connectivity index (χ1n) is 7.86. The van der Waals surface area contributed by atoms with Crippen LogP contribution >= 0.6 is 11.3 Å². The minimum Gasteiger partial charge on any atom is -0.370 e. The molecule has 2 heterocycles. The number of carbonyl (C=O) groups is 2. The summed E-state index contributed by atoms with van der Waals surface area (Å²) in [4.78, 5) is 25.8. The number of hydrogen-bond donors (Lipinski definition) is 1. The molecule has 1 aliphatic heterocycles. The van der Waals surface area contributed by atoms with Crippen molar-refractivity contribution in [3.8, 4) is 0 Å². The molecular weight excluding hydrogens is 324 g/mol. The minimum atomic E-state index is -0.145. The van der Waals surface area contributed by atoms with Gasteiger partial charge in [0, 0.05) is 17.8 Å². The van der Waals surface area contributed by atoms with E-state index >= 15 is 0 Å². The van der Waals surface area contributed by atoms with Crippen LogP contribution in [-0.2, 0) is 4.74 Å². The fourth-order valence-corrected chi connectivity index (χ4v) is 3.53. The number of hydrogen-bond acceptors (Lipinski definition) is 4. The second kappa shape index (κ2) is 7.15. The quantitative estimate of drug-likeness (QED) is 0.860. The fraction of sp³-hybridized carbons (Fsp3) is 0.333. The lowest BCUT2D eigenvalue weighted by atomic mass is 10.1. The lowest BCUT2D eigenvalue weighted by molar-refractivity contribution is -0.0132. The highest BCUT2D eigenvalue weighted by Crippen LogP contribution is 2.25. The Hall–Kier alpha value is -2.18. The van der Waals surface area contributed by atoms with Gasteiger partial charge in [-0.25, -0.2) is 4.79 Å². The number of carbonyl (C=O) groups excluding carboxylic acids is 2. The van der Waals surface area contributed by atoms with E-state index in [1.165, 1.54) is 0 Å². The number of anilines is 1. The van der Waals surface area contributed by atoms with Gasteiger partial charge in [-0.05, 0) is 60.0 Å². The van der Waals surface area contributed by atoms with Gasteiger partial charge >= 0.3 is 6.03 Å². The van der Waals surface area contributed by atoms with Crippen molar-refractivity contribution in [2.24, 2.45) is 0 Å². The zero-order valence-corrected chi connectivity index (χ0v) is 14.6. The van der Waals surface area contributed by atoms with Crippen LogP contribution in [0.15, 0.2) is 35.0 Å². The normalized spacial score (nSPS) is 17.6. The van der Waals surface area contributed by atoms with Crippen LogP contribution in [0.25, 0.3) is 0 Å². The van der Waals surface area contributed by atoms with Gasteiger partial charge in [-0.3, -0.25) is 4.79 Å². The van der Waals surface area contributed by atoms with Crippen molar-refractivity contribution in [3.05, 3.63) is 51.7 Å². The number of morpholine rings is 1. The number of thiophene rings is 1. The summed E-state index contributed by atoms with van der Waals surface area (Å²) >= 11 is 1.62. The summed E-state index contributed by atoms with van der Waals surface area (Å²) in [7, 11) is 0. The van der Waals surface area contributed by atoms with Crippen molar-refractivity contribution >= 4 is 28.8 Å². The number of amides is 2. The first-order chi connectivity index (χ1) is 11.5. The van der Waals surface area contributed by atoms with Crippen LogP contribution in [0, 0.1) is 6.92 Å². The summed E-state index contributed by atoms with van der Waals surface area (Å²) in [6.07, 6.45) is -0.0717. The first kappa shape index (κ1) is 16.7. The topological polar surface area (TPSA) is 58.6 Å². The van der Waals surface area contributed by atoms with E-state index in [1.807, 2.05) is 24.4 Å². The highest BCUT2D eigenvalue weighted by atomic mass is 32.1. The average Bonchev–Trinajstić information content (AvgIpc) is 3.09. The number of benzene rings is 1. The Bertz CT molecular complexity index is 743. The highest BCUT2D eigenvalue weighted by molar-refractivity contribution is 7.07. The molecule has 1 aliphatic rings. The number of aryl methyl sites for hydroxylation is 1. The Morgan fingerprint density at radius 2 is 2.17 bits per heavy atom. The van der Waals surface area contributed by atoms with E-state index in [0.717, 1.165) is 11.1 Å². The molecule has 6 heteroatoms. The van der Waals surface area contributed by atoms with Gasteiger partial charge in [0.1, 0.15) is 6.10 Å². The minimum absolute atomic E-state index is 0.0251. The summed E-state index contributed by atoms with van der Waals surface area (Å²) in [6.45, 7) is 5.03. The third kappa shape index (κ3) is 3.66. The van der Waals surface area contributed by atoms with Gasteiger partial charge < -0.3 is 15.0 Å². The molecular formula is C18H20N2O3S. The molecule has 1 fully saturated rings. The van der Waals surface area contributed by atoms with E-state index in [-0.39, 0.29) is 17.9 Å². The predicted octanol–water partition coefficient (Wildman–Crippen LogP) is 3.86. The van der Waals surface area contributed by atoms with Crippen LogP contribution in [-0.4, -0.2) is 36.4 Å². The zero-order chi connectivity index (χ0) is 17.1. The van der Waals surface area contributed by atoms with Crippen LogP contribution in [0.1, 0.15) is 34.5 Å². The second-order valence-corrected chi connectivity index (χ2v) is 6.66. The maximum Gasteiger partial charge on any atom is 0.322 e. The smallest absolute Gasteiger partial charge is 0.322 e. The second-order valence-electron chi connectivity index (χ2n) is 5.88. The van der Waals surface area contributed by atoms with Crippen molar-refractivity contribution < 1.29 is 14.3 Å². The van der Waals surface area contributed by atoms with Crippen molar-refractivity contribution in [3.63, 3.8) is 0 Å². The molecule has 1 saturated heterocycles. The van der Waals surface area contributed by atoms with Crippen LogP contribution in [0.5, 0.6) is 0 Å². The Balaban J connectivity index is 1.66. The molecule has 3 rings (SSSR count). The fourth-order valence-electron chi connectivity index (χ4n) is 2.83. The Morgan fingerprint density at radius 3 is 2.83 bits per heavy atom. The van der Waals surface area contributed by atoms with Crippen molar-refractivity contribution in [1.82, 2.24) is 4.90 Å². The Morgan fingerprint density at radius 1 is 1.33 bits per heavy atom. The molecule has 0 saturated carbocycles. The lowest BCUT2D eigenvalue weighted by Crippen LogP contribution is -2.44. The first-order valence-corrected chi connectivity index (χ1v) is 8.80. The molecule has 1 aromatic carbocycles. The standard InChI is InChI=1S/C18H20N2O3S/c1-12-9-15(3-4-16(12)13(2)21)19-18(22)20-6-7-23-17(10-20)14-5-8-24-11-14/h3-5,8-9,11,17H,6-7,10H2,1-2H3,(H,19,22). The maximum absolute atomic E-state index is 12.5. The molecule has 0 radical (unpaired) electrons. The summed E-state index contributed by atoms with van der Waals surface area (Å²) in [6, 6.07) is 7.22. The van der Waals surface area contributed by atoms with Gasteiger partial charge in [-0.15, -0.1) is 0 Å². The highest BCUT2D eigenvalue weighted by Gasteiger charge is 2.25. The third-order valence-electron chi connectivity index (χ3n) is 4.13.